The molecule has 0 atom stereocenters. The van der Waals surface area contributed by atoms with Gasteiger partial charge in [-0.05, 0) is 100 Å². The Morgan fingerprint density at radius 1 is 0.500 bits per heavy atom. The first-order valence-electron chi connectivity index (χ1n) is 17.8. The molecular weight excluding hydrogens is 661 g/mol. The summed E-state index contributed by atoms with van der Waals surface area (Å²) in [5, 5.41) is 5.00. The Morgan fingerprint density at radius 3 is 1.93 bits per heavy atom. The molecule has 0 fully saturated rings. The van der Waals surface area contributed by atoms with E-state index in [1.165, 1.54) is 32.6 Å². The van der Waals surface area contributed by atoms with Crippen molar-refractivity contribution in [3.63, 3.8) is 0 Å². The molecule has 6 aromatic carbocycles. The Hall–Kier alpha value is -7.62. The van der Waals surface area contributed by atoms with E-state index in [1.807, 2.05) is 55.0 Å². The first-order valence-corrected chi connectivity index (χ1v) is 17.8. The Labute approximate surface area is 312 Å². The molecule has 0 radical (unpaired) electrons. The average molecular weight is 691 g/mol. The number of pyridine rings is 3. The predicted octanol–water partition coefficient (Wildman–Crippen LogP) is 12.6. The Kier molecular flexibility index (Phi) is 7.41. The van der Waals surface area contributed by atoms with Crippen LogP contribution in [0.15, 0.2) is 183 Å². The molecule has 6 heteroatoms. The van der Waals surface area contributed by atoms with Crippen LogP contribution in [0.4, 0.5) is 22.7 Å². The Bertz CT molecular complexity index is 2950. The van der Waals surface area contributed by atoms with Gasteiger partial charge in [-0.25, -0.2) is 4.85 Å². The van der Waals surface area contributed by atoms with Crippen LogP contribution in [0.3, 0.4) is 0 Å². The number of anilines is 3. The molecule has 0 spiro atoms. The van der Waals surface area contributed by atoms with Crippen LogP contribution in [0.5, 0.6) is 0 Å². The fourth-order valence-corrected chi connectivity index (χ4v) is 7.63. The van der Waals surface area contributed by atoms with Gasteiger partial charge < -0.3 is 9.47 Å². The lowest BCUT2D eigenvalue weighted by molar-refractivity contribution is 1.18. The Morgan fingerprint density at radius 2 is 1.22 bits per heavy atom. The fraction of sp³-hybridized carbons (Fsp3) is 0. The molecule has 0 aliphatic heterocycles. The van der Waals surface area contributed by atoms with Gasteiger partial charge in [0, 0.05) is 52.0 Å². The van der Waals surface area contributed by atoms with Gasteiger partial charge in [-0.2, -0.15) is 0 Å². The highest BCUT2D eigenvalue weighted by Crippen LogP contribution is 2.43. The minimum Gasteiger partial charge on any atom is -0.309 e. The zero-order chi connectivity index (χ0) is 36.0. The molecule has 0 N–H and O–H groups in total. The van der Waals surface area contributed by atoms with Crippen molar-refractivity contribution in [1.82, 2.24) is 19.5 Å². The van der Waals surface area contributed by atoms with Crippen molar-refractivity contribution < 1.29 is 0 Å². The van der Waals surface area contributed by atoms with Crippen LogP contribution in [0.1, 0.15) is 0 Å². The monoisotopic (exact) mass is 690 g/mol. The van der Waals surface area contributed by atoms with Gasteiger partial charge in [-0.1, -0.05) is 84.9 Å². The van der Waals surface area contributed by atoms with Gasteiger partial charge in [0.25, 0.3) is 0 Å². The van der Waals surface area contributed by atoms with Crippen LogP contribution in [0, 0.1) is 6.57 Å². The number of aromatic nitrogens is 4. The molecule has 0 aliphatic rings. The van der Waals surface area contributed by atoms with Crippen molar-refractivity contribution in [3.8, 4) is 39.3 Å². The van der Waals surface area contributed by atoms with Crippen LogP contribution in [-0.2, 0) is 0 Å². The summed E-state index contributed by atoms with van der Waals surface area (Å²) in [6, 6.07) is 54.4. The topological polar surface area (TPSA) is 51.2 Å². The molecule has 4 heterocycles. The summed E-state index contributed by atoms with van der Waals surface area (Å²) >= 11 is 0. The van der Waals surface area contributed by atoms with Crippen molar-refractivity contribution >= 4 is 55.3 Å². The molecule has 54 heavy (non-hydrogen) atoms. The number of rotatable bonds is 7. The van der Waals surface area contributed by atoms with E-state index < -0.39 is 0 Å². The van der Waals surface area contributed by atoms with Crippen LogP contribution in [-0.4, -0.2) is 19.5 Å². The Balaban J connectivity index is 0.989. The predicted molar refractivity (Wildman–Crippen MR) is 220 cm³/mol. The molecular formula is C48H30N6. The number of para-hydroxylation sites is 1. The molecule has 4 aromatic heterocycles. The first kappa shape index (κ1) is 31.1. The average Bonchev–Trinajstić information content (AvgIpc) is 3.60. The van der Waals surface area contributed by atoms with E-state index in [1.54, 1.807) is 6.20 Å². The number of hydrogen-bond donors (Lipinski definition) is 0. The smallest absolute Gasteiger partial charge is 0.187 e. The molecule has 252 valence electrons. The molecule has 0 amide bonds. The molecule has 0 saturated heterocycles. The van der Waals surface area contributed by atoms with Crippen LogP contribution >= 0.6 is 0 Å². The second kappa shape index (κ2) is 12.9. The first-order chi connectivity index (χ1) is 26.7. The maximum absolute atomic E-state index is 7.42. The summed E-state index contributed by atoms with van der Waals surface area (Å²) in [5.74, 6) is 0. The minimum absolute atomic E-state index is 0.595. The highest BCUT2D eigenvalue weighted by Gasteiger charge is 2.19. The fourth-order valence-electron chi connectivity index (χ4n) is 7.63. The van der Waals surface area contributed by atoms with Gasteiger partial charge >= 0.3 is 0 Å². The zero-order valence-electron chi connectivity index (χ0n) is 29.0. The van der Waals surface area contributed by atoms with E-state index in [2.05, 4.69) is 141 Å². The van der Waals surface area contributed by atoms with Gasteiger partial charge in [0.1, 0.15) is 0 Å². The second-order valence-corrected chi connectivity index (χ2v) is 13.3. The van der Waals surface area contributed by atoms with E-state index in [4.69, 9.17) is 16.5 Å². The highest BCUT2D eigenvalue weighted by molar-refractivity contribution is 6.26. The van der Waals surface area contributed by atoms with E-state index in [-0.39, 0.29) is 0 Å². The van der Waals surface area contributed by atoms with Gasteiger partial charge in [-0.3, -0.25) is 15.0 Å². The summed E-state index contributed by atoms with van der Waals surface area (Å²) in [5.41, 5.74) is 12.9. The number of hydrogen-bond acceptors (Lipinski definition) is 4. The molecule has 0 bridgehead atoms. The van der Waals surface area contributed by atoms with Crippen LogP contribution in [0.25, 0.3) is 76.8 Å². The van der Waals surface area contributed by atoms with Gasteiger partial charge in [0.05, 0.1) is 40.9 Å². The van der Waals surface area contributed by atoms with Crippen molar-refractivity contribution in [2.45, 2.75) is 0 Å². The summed E-state index contributed by atoms with van der Waals surface area (Å²) in [6.45, 7) is 7.42. The largest absolute Gasteiger partial charge is 0.309 e. The summed E-state index contributed by atoms with van der Waals surface area (Å²) in [7, 11) is 0. The summed E-state index contributed by atoms with van der Waals surface area (Å²) in [6.07, 6.45) is 7.48. The third-order valence-corrected chi connectivity index (χ3v) is 10.2. The lowest BCUT2D eigenvalue weighted by Gasteiger charge is -2.25. The van der Waals surface area contributed by atoms with Crippen LogP contribution in [0.2, 0.25) is 0 Å². The molecule has 10 rings (SSSR count). The highest BCUT2D eigenvalue weighted by atomic mass is 15.1. The van der Waals surface area contributed by atoms with E-state index >= 15 is 0 Å². The SMILES string of the molecule is [C-]#[N+]c1ccc(N(c2ccc(-c3cccnc3)cc2)c2ccc(-c3ccc(-c4ccc5c6c4ccc4cccc(c46)n5-c4ccccc4)cn3)nc2)cc1. The van der Waals surface area contributed by atoms with Crippen molar-refractivity contribution in [2.24, 2.45) is 0 Å². The molecule has 0 unspecified atom stereocenters. The van der Waals surface area contributed by atoms with Crippen molar-refractivity contribution in [1.29, 1.82) is 0 Å². The second-order valence-electron chi connectivity index (χ2n) is 13.3. The standard InChI is InChI=1S/C48H30N6/c1-49-36-16-20-39(21-17-36)53(38-18-12-32(13-19-38)34-8-6-28-50-29-34)40-22-26-44(52-31-40)43-25-15-35(30-51-43)41-24-27-46-48-42(41)23-14-33-7-5-11-45(47(33)48)54(46)37-9-3-2-4-10-37/h2-31H. The summed E-state index contributed by atoms with van der Waals surface area (Å²) < 4.78 is 2.37. The molecule has 0 saturated carbocycles. The van der Waals surface area contributed by atoms with Crippen molar-refractivity contribution in [3.05, 3.63) is 194 Å². The summed E-state index contributed by atoms with van der Waals surface area (Å²) in [4.78, 5) is 19.8. The zero-order valence-corrected chi connectivity index (χ0v) is 29.0. The van der Waals surface area contributed by atoms with Crippen LogP contribution < -0.4 is 4.90 Å². The number of benzene rings is 6. The molecule has 6 nitrogen and oxygen atoms in total. The van der Waals surface area contributed by atoms with E-state index in [0.29, 0.717) is 5.69 Å². The minimum atomic E-state index is 0.595. The van der Waals surface area contributed by atoms with E-state index in [9.17, 15) is 0 Å². The molecule has 0 aliphatic carbocycles. The van der Waals surface area contributed by atoms with Gasteiger partial charge in [0.2, 0.25) is 0 Å². The molecule has 10 aromatic rings. The van der Waals surface area contributed by atoms with Crippen molar-refractivity contribution in [2.75, 3.05) is 4.90 Å². The van der Waals surface area contributed by atoms with E-state index in [0.717, 1.165) is 56.4 Å². The third kappa shape index (κ3) is 5.23. The normalized spacial score (nSPS) is 11.3. The third-order valence-electron chi connectivity index (χ3n) is 10.2. The lowest BCUT2D eigenvalue weighted by Crippen LogP contribution is -2.10. The van der Waals surface area contributed by atoms with Gasteiger partial charge in [0.15, 0.2) is 5.69 Å². The number of nitrogens with zero attached hydrogens (tertiary/aromatic N) is 6. The quantitative estimate of drug-likeness (QED) is 0.123. The lowest BCUT2D eigenvalue weighted by atomic mass is 9.95. The van der Waals surface area contributed by atoms with Gasteiger partial charge in [-0.15, -0.1) is 0 Å². The maximum atomic E-state index is 7.42. The maximum Gasteiger partial charge on any atom is 0.187 e.